The standard InChI is InChI=1S/C21H20O7/c1-20(2)7-6-12-15(28-20)5-4-13(18(12)26-3)21(25)10-27-16-9-11(22)8-14(23)17(16)19(21)24/h4-9,22-23,25H,10H2,1-3H3/t21-/m1/s1. The van der Waals surface area contributed by atoms with Gasteiger partial charge in [-0.2, -0.15) is 0 Å². The van der Waals surface area contributed by atoms with Crippen molar-refractivity contribution in [3.05, 3.63) is 47.0 Å². The Morgan fingerprint density at radius 2 is 1.89 bits per heavy atom. The molecule has 7 nitrogen and oxygen atoms in total. The second-order valence-corrected chi connectivity index (χ2v) is 7.41. The van der Waals surface area contributed by atoms with Gasteiger partial charge in [0, 0.05) is 17.7 Å². The van der Waals surface area contributed by atoms with Crippen LogP contribution in [0.5, 0.6) is 28.7 Å². The lowest BCUT2D eigenvalue weighted by molar-refractivity contribution is -0.00681. The molecule has 1 atom stereocenters. The molecular weight excluding hydrogens is 364 g/mol. The van der Waals surface area contributed by atoms with Crippen LogP contribution in [0, 0.1) is 0 Å². The number of methoxy groups -OCH3 is 1. The first-order valence-electron chi connectivity index (χ1n) is 8.72. The van der Waals surface area contributed by atoms with Gasteiger partial charge in [0.1, 0.15) is 46.5 Å². The summed E-state index contributed by atoms with van der Waals surface area (Å²) < 4.78 is 16.9. The third-order valence-electron chi connectivity index (χ3n) is 4.94. The van der Waals surface area contributed by atoms with E-state index >= 15 is 0 Å². The van der Waals surface area contributed by atoms with Crippen LogP contribution in [0.2, 0.25) is 0 Å². The number of hydrogen-bond acceptors (Lipinski definition) is 7. The van der Waals surface area contributed by atoms with E-state index in [0.29, 0.717) is 11.3 Å². The van der Waals surface area contributed by atoms with Gasteiger partial charge in [-0.05, 0) is 38.1 Å². The third kappa shape index (κ3) is 2.58. The normalized spacial score (nSPS) is 21.9. The highest BCUT2D eigenvalue weighted by Gasteiger charge is 2.48. The number of hydrogen-bond donors (Lipinski definition) is 3. The molecule has 0 saturated heterocycles. The second-order valence-electron chi connectivity index (χ2n) is 7.41. The van der Waals surface area contributed by atoms with Crippen LogP contribution < -0.4 is 14.2 Å². The Balaban J connectivity index is 1.87. The minimum absolute atomic E-state index is 0.00841. The van der Waals surface area contributed by atoms with E-state index in [9.17, 15) is 20.1 Å². The van der Waals surface area contributed by atoms with Crippen molar-refractivity contribution in [1.29, 1.82) is 0 Å². The van der Waals surface area contributed by atoms with Gasteiger partial charge >= 0.3 is 0 Å². The van der Waals surface area contributed by atoms with Gasteiger partial charge in [0.25, 0.3) is 0 Å². The first-order chi connectivity index (χ1) is 13.2. The Bertz CT molecular complexity index is 1020. The molecule has 2 aliphatic heterocycles. The fraction of sp³-hybridized carbons (Fsp3) is 0.286. The molecule has 0 unspecified atom stereocenters. The van der Waals surface area contributed by atoms with Crippen LogP contribution >= 0.6 is 0 Å². The molecule has 0 saturated carbocycles. The summed E-state index contributed by atoms with van der Waals surface area (Å²) in [6, 6.07) is 5.45. The quantitative estimate of drug-likeness (QED) is 0.731. The maximum atomic E-state index is 13.1. The van der Waals surface area contributed by atoms with Crippen LogP contribution in [0.3, 0.4) is 0 Å². The van der Waals surface area contributed by atoms with E-state index in [4.69, 9.17) is 14.2 Å². The smallest absolute Gasteiger partial charge is 0.210 e. The Labute approximate surface area is 161 Å². The van der Waals surface area contributed by atoms with Crippen molar-refractivity contribution in [2.24, 2.45) is 0 Å². The summed E-state index contributed by atoms with van der Waals surface area (Å²) in [7, 11) is 1.44. The van der Waals surface area contributed by atoms with E-state index in [2.05, 4.69) is 0 Å². The summed E-state index contributed by atoms with van der Waals surface area (Å²) in [5.74, 6) is -0.607. The van der Waals surface area contributed by atoms with E-state index in [-0.39, 0.29) is 28.4 Å². The van der Waals surface area contributed by atoms with Crippen molar-refractivity contribution in [2.75, 3.05) is 13.7 Å². The summed E-state index contributed by atoms with van der Waals surface area (Å²) in [6.45, 7) is 3.43. The van der Waals surface area contributed by atoms with E-state index in [0.717, 1.165) is 6.07 Å². The number of fused-ring (bicyclic) bond motifs is 2. The highest BCUT2D eigenvalue weighted by Crippen LogP contribution is 2.47. The molecule has 0 bridgehead atoms. The largest absolute Gasteiger partial charge is 0.508 e. The molecule has 2 heterocycles. The van der Waals surface area contributed by atoms with E-state index < -0.39 is 29.3 Å². The number of Topliss-reactive ketones (excluding diaryl/α,β-unsaturated/α-hetero) is 1. The average Bonchev–Trinajstić information content (AvgIpc) is 2.62. The minimum atomic E-state index is -2.08. The maximum absolute atomic E-state index is 13.1. The number of phenolic OH excluding ortho intramolecular Hbond substituents is 2. The van der Waals surface area contributed by atoms with E-state index in [1.807, 2.05) is 26.0 Å². The lowest BCUT2D eigenvalue weighted by atomic mass is 9.82. The number of ether oxygens (including phenoxy) is 3. The molecule has 4 rings (SSSR count). The lowest BCUT2D eigenvalue weighted by Crippen LogP contribution is -2.45. The fourth-order valence-electron chi connectivity index (χ4n) is 3.56. The Hall–Kier alpha value is -3.19. The van der Waals surface area contributed by atoms with Crippen LogP contribution in [0.25, 0.3) is 6.08 Å². The molecule has 146 valence electrons. The van der Waals surface area contributed by atoms with Crippen molar-refractivity contribution >= 4 is 11.9 Å². The molecule has 2 aromatic rings. The minimum Gasteiger partial charge on any atom is -0.508 e. The number of rotatable bonds is 2. The first-order valence-corrected chi connectivity index (χ1v) is 8.72. The Morgan fingerprint density at radius 3 is 2.61 bits per heavy atom. The van der Waals surface area contributed by atoms with Gasteiger partial charge in [-0.3, -0.25) is 4.79 Å². The van der Waals surface area contributed by atoms with Crippen LogP contribution in [0.4, 0.5) is 0 Å². The number of benzene rings is 2. The summed E-state index contributed by atoms with van der Waals surface area (Å²) in [5.41, 5.74) is -1.97. The summed E-state index contributed by atoms with van der Waals surface area (Å²) >= 11 is 0. The topological polar surface area (TPSA) is 105 Å². The van der Waals surface area contributed by atoms with Gasteiger partial charge in [0.15, 0.2) is 5.60 Å². The Morgan fingerprint density at radius 1 is 1.14 bits per heavy atom. The number of carbonyl (C=O) groups excluding carboxylic acids is 1. The van der Waals surface area contributed by atoms with Gasteiger partial charge in [-0.1, -0.05) is 0 Å². The van der Waals surface area contributed by atoms with E-state index in [1.165, 1.54) is 13.2 Å². The first kappa shape index (κ1) is 18.2. The van der Waals surface area contributed by atoms with Crippen LogP contribution in [0.1, 0.15) is 35.3 Å². The second kappa shape index (κ2) is 5.90. The zero-order valence-electron chi connectivity index (χ0n) is 15.6. The lowest BCUT2D eigenvalue weighted by Gasteiger charge is -2.35. The van der Waals surface area contributed by atoms with Crippen LogP contribution in [-0.4, -0.2) is 40.4 Å². The predicted octanol–water partition coefficient (Wildman–Crippen LogP) is 2.75. The van der Waals surface area contributed by atoms with Gasteiger partial charge in [0.2, 0.25) is 5.78 Å². The zero-order valence-corrected chi connectivity index (χ0v) is 15.6. The molecule has 3 N–H and O–H groups in total. The van der Waals surface area contributed by atoms with Crippen molar-refractivity contribution < 1.29 is 34.3 Å². The average molecular weight is 384 g/mol. The SMILES string of the molecule is COc1c([C@]2(O)COc3cc(O)cc(O)c3C2=O)ccc2c1C=CC(C)(C)O2. The van der Waals surface area contributed by atoms with Crippen molar-refractivity contribution in [2.45, 2.75) is 25.0 Å². The molecular formula is C21H20O7. The molecule has 0 aliphatic carbocycles. The molecule has 0 radical (unpaired) electrons. The highest BCUT2D eigenvalue weighted by atomic mass is 16.5. The zero-order chi connectivity index (χ0) is 20.3. The molecule has 2 aliphatic rings. The monoisotopic (exact) mass is 384 g/mol. The molecule has 0 aromatic heterocycles. The number of carbonyl (C=O) groups is 1. The van der Waals surface area contributed by atoms with Gasteiger partial charge in [0.05, 0.1) is 12.7 Å². The van der Waals surface area contributed by atoms with Crippen molar-refractivity contribution in [3.8, 4) is 28.7 Å². The van der Waals surface area contributed by atoms with Crippen LogP contribution in [-0.2, 0) is 5.60 Å². The molecule has 0 spiro atoms. The third-order valence-corrected chi connectivity index (χ3v) is 4.94. The van der Waals surface area contributed by atoms with Gasteiger partial charge in [-0.15, -0.1) is 0 Å². The summed E-state index contributed by atoms with van der Waals surface area (Å²) in [4.78, 5) is 13.1. The molecule has 28 heavy (non-hydrogen) atoms. The molecule has 2 aromatic carbocycles. The molecule has 0 fully saturated rings. The summed E-state index contributed by atoms with van der Waals surface area (Å²) in [6.07, 6.45) is 3.68. The fourth-order valence-corrected chi connectivity index (χ4v) is 3.56. The maximum Gasteiger partial charge on any atom is 0.210 e. The van der Waals surface area contributed by atoms with E-state index in [1.54, 1.807) is 12.1 Å². The molecule has 0 amide bonds. The number of ketones is 1. The number of phenols is 2. The molecule has 7 heteroatoms. The highest BCUT2D eigenvalue weighted by molar-refractivity contribution is 6.08. The predicted molar refractivity (Wildman–Crippen MR) is 100 cm³/mol. The van der Waals surface area contributed by atoms with Crippen molar-refractivity contribution in [3.63, 3.8) is 0 Å². The van der Waals surface area contributed by atoms with Crippen molar-refractivity contribution in [1.82, 2.24) is 0 Å². The van der Waals surface area contributed by atoms with Gasteiger partial charge in [-0.25, -0.2) is 0 Å². The Kier molecular flexibility index (Phi) is 3.83. The number of aliphatic hydroxyl groups is 1. The summed E-state index contributed by atoms with van der Waals surface area (Å²) in [5, 5.41) is 31.0. The van der Waals surface area contributed by atoms with Crippen LogP contribution in [0.15, 0.2) is 30.3 Å². The number of aromatic hydroxyl groups is 2. The van der Waals surface area contributed by atoms with Gasteiger partial charge < -0.3 is 29.5 Å².